The minimum Gasteiger partial charge on any atom is -0.459 e. The molecule has 2 bridgehead atoms. The lowest BCUT2D eigenvalue weighted by Gasteiger charge is -2.44. The maximum Gasteiger partial charge on any atom is 0.408 e. The Hall–Kier alpha value is -2.15. The van der Waals surface area contributed by atoms with E-state index in [1.54, 1.807) is 26.8 Å². The van der Waals surface area contributed by atoms with Crippen molar-refractivity contribution >= 4 is 12.1 Å². The van der Waals surface area contributed by atoms with Crippen LogP contribution in [-0.4, -0.2) is 48.3 Å². The summed E-state index contributed by atoms with van der Waals surface area (Å²) in [5.74, 6) is -0.920. The van der Waals surface area contributed by atoms with Gasteiger partial charge in [0.25, 0.3) is 0 Å². The van der Waals surface area contributed by atoms with Crippen molar-refractivity contribution in [3.05, 3.63) is 35.6 Å². The second-order valence-corrected chi connectivity index (χ2v) is 8.21. The van der Waals surface area contributed by atoms with Crippen LogP contribution in [0.3, 0.4) is 0 Å². The summed E-state index contributed by atoms with van der Waals surface area (Å²) in [5.41, 5.74) is -0.668. The zero-order chi connectivity index (χ0) is 19.6. The molecule has 0 aromatic heterocycles. The number of nitrogens with zero attached hydrogens (tertiary/aromatic N) is 1. The third kappa shape index (κ3) is 4.97. The lowest BCUT2D eigenvalue weighted by molar-refractivity contribution is -0.161. The number of halogens is 1. The average molecular weight is 378 g/mol. The van der Waals surface area contributed by atoms with Crippen LogP contribution in [0.2, 0.25) is 0 Å². The number of nitrogens with one attached hydrogen (secondary N) is 1. The number of esters is 1. The van der Waals surface area contributed by atoms with E-state index in [9.17, 15) is 14.0 Å². The van der Waals surface area contributed by atoms with Gasteiger partial charge in [-0.2, -0.15) is 0 Å². The number of fused-ring (bicyclic) bond motifs is 3. The number of ether oxygens (including phenoxy) is 2. The standard InChI is InChI=1S/C20H27FN2O4/c1-20(2,3)27-19(25)22-17(14-6-4-5-7-15(14)21)18(24)26-16-12-23-10-8-13(16)9-11-23/h4-7,13,16-17H,8-12H2,1-3H3,(H,22,25)/t16-,17?/m0/s1. The molecule has 3 saturated heterocycles. The van der Waals surface area contributed by atoms with E-state index < -0.39 is 29.5 Å². The molecule has 1 N–H and O–H groups in total. The number of rotatable bonds is 4. The lowest BCUT2D eigenvalue weighted by Crippen LogP contribution is -2.52. The zero-order valence-electron chi connectivity index (χ0n) is 16.0. The lowest BCUT2D eigenvalue weighted by atomic mass is 9.86. The summed E-state index contributed by atoms with van der Waals surface area (Å²) in [6.45, 7) is 7.88. The molecule has 1 aromatic rings. The van der Waals surface area contributed by atoms with Crippen LogP contribution in [0, 0.1) is 11.7 Å². The summed E-state index contributed by atoms with van der Waals surface area (Å²) in [6.07, 6.45) is 0.959. The molecule has 1 amide bonds. The summed E-state index contributed by atoms with van der Waals surface area (Å²) in [4.78, 5) is 27.3. The summed E-state index contributed by atoms with van der Waals surface area (Å²) < 4.78 is 25.2. The van der Waals surface area contributed by atoms with Crippen LogP contribution < -0.4 is 5.32 Å². The van der Waals surface area contributed by atoms with Gasteiger partial charge in [0, 0.05) is 12.1 Å². The van der Waals surface area contributed by atoms with Crippen molar-refractivity contribution < 1.29 is 23.5 Å². The molecule has 7 heteroatoms. The highest BCUT2D eigenvalue weighted by Crippen LogP contribution is 2.31. The maximum absolute atomic E-state index is 14.3. The summed E-state index contributed by atoms with van der Waals surface area (Å²) >= 11 is 0. The van der Waals surface area contributed by atoms with Gasteiger partial charge >= 0.3 is 12.1 Å². The van der Waals surface area contributed by atoms with Crippen LogP contribution in [0.4, 0.5) is 9.18 Å². The second kappa shape index (κ2) is 7.84. The number of benzene rings is 1. The first-order valence-corrected chi connectivity index (χ1v) is 9.40. The predicted molar refractivity (Wildman–Crippen MR) is 97.6 cm³/mol. The third-order valence-corrected chi connectivity index (χ3v) is 4.98. The summed E-state index contributed by atoms with van der Waals surface area (Å²) in [5, 5.41) is 2.47. The highest BCUT2D eigenvalue weighted by molar-refractivity contribution is 5.83. The molecule has 1 aromatic carbocycles. The Morgan fingerprint density at radius 2 is 1.89 bits per heavy atom. The Bertz CT molecular complexity index is 695. The Kier molecular flexibility index (Phi) is 5.69. The molecule has 6 nitrogen and oxygen atoms in total. The highest BCUT2D eigenvalue weighted by atomic mass is 19.1. The molecule has 0 aliphatic carbocycles. The fourth-order valence-electron chi connectivity index (χ4n) is 3.66. The Morgan fingerprint density at radius 1 is 1.22 bits per heavy atom. The minimum absolute atomic E-state index is 0.0645. The molecule has 1 unspecified atom stereocenters. The smallest absolute Gasteiger partial charge is 0.408 e. The van der Waals surface area contributed by atoms with E-state index in [4.69, 9.17) is 9.47 Å². The molecule has 3 heterocycles. The SMILES string of the molecule is CC(C)(C)OC(=O)NC(C(=O)O[C@H]1CN2CCC1CC2)c1ccccc1F. The van der Waals surface area contributed by atoms with Crippen molar-refractivity contribution in [3.8, 4) is 0 Å². The summed E-state index contributed by atoms with van der Waals surface area (Å²) in [7, 11) is 0. The van der Waals surface area contributed by atoms with Crippen LogP contribution in [-0.2, 0) is 14.3 Å². The first kappa shape index (κ1) is 19.6. The fraction of sp³-hybridized carbons (Fsp3) is 0.600. The van der Waals surface area contributed by atoms with Gasteiger partial charge in [-0.25, -0.2) is 14.0 Å². The van der Waals surface area contributed by atoms with E-state index in [1.165, 1.54) is 18.2 Å². The van der Waals surface area contributed by atoms with Gasteiger partial charge < -0.3 is 14.8 Å². The van der Waals surface area contributed by atoms with E-state index >= 15 is 0 Å². The Labute approximate surface area is 159 Å². The number of carbonyl (C=O) groups is 2. The molecule has 148 valence electrons. The zero-order valence-corrected chi connectivity index (χ0v) is 16.0. The van der Waals surface area contributed by atoms with Gasteiger partial charge in [-0.15, -0.1) is 0 Å². The van der Waals surface area contributed by atoms with Gasteiger partial charge in [0.2, 0.25) is 0 Å². The van der Waals surface area contributed by atoms with Crippen LogP contribution in [0.1, 0.15) is 45.2 Å². The maximum atomic E-state index is 14.3. The largest absolute Gasteiger partial charge is 0.459 e. The summed E-state index contributed by atoms with van der Waals surface area (Å²) in [6, 6.07) is 4.61. The van der Waals surface area contributed by atoms with Crippen molar-refractivity contribution in [2.75, 3.05) is 19.6 Å². The first-order valence-electron chi connectivity index (χ1n) is 9.40. The number of amides is 1. The molecule has 0 radical (unpaired) electrons. The van der Waals surface area contributed by atoms with Crippen molar-refractivity contribution in [2.24, 2.45) is 5.92 Å². The van der Waals surface area contributed by atoms with Gasteiger partial charge in [0.05, 0.1) is 0 Å². The van der Waals surface area contributed by atoms with Gasteiger partial charge in [0.1, 0.15) is 17.5 Å². The number of hydrogen-bond acceptors (Lipinski definition) is 5. The van der Waals surface area contributed by atoms with Crippen molar-refractivity contribution in [2.45, 2.75) is 51.4 Å². The van der Waals surface area contributed by atoms with Crippen molar-refractivity contribution in [3.63, 3.8) is 0 Å². The van der Waals surface area contributed by atoms with Crippen LogP contribution >= 0.6 is 0 Å². The number of alkyl carbamates (subject to hydrolysis) is 1. The van der Waals surface area contributed by atoms with E-state index in [-0.39, 0.29) is 11.7 Å². The van der Waals surface area contributed by atoms with Gasteiger partial charge in [-0.1, -0.05) is 18.2 Å². The van der Waals surface area contributed by atoms with Crippen LogP contribution in [0.25, 0.3) is 0 Å². The van der Waals surface area contributed by atoms with E-state index in [0.717, 1.165) is 25.9 Å². The number of hydrogen-bond donors (Lipinski definition) is 1. The monoisotopic (exact) mass is 378 g/mol. The molecular weight excluding hydrogens is 351 g/mol. The topological polar surface area (TPSA) is 67.9 Å². The van der Waals surface area contributed by atoms with E-state index in [2.05, 4.69) is 10.2 Å². The Morgan fingerprint density at radius 3 is 2.44 bits per heavy atom. The highest BCUT2D eigenvalue weighted by Gasteiger charge is 2.38. The van der Waals surface area contributed by atoms with Crippen LogP contribution in [0.15, 0.2) is 24.3 Å². The van der Waals surface area contributed by atoms with Gasteiger partial charge in [-0.05, 0) is 58.7 Å². The van der Waals surface area contributed by atoms with Gasteiger partial charge in [-0.3, -0.25) is 4.90 Å². The van der Waals surface area contributed by atoms with Crippen molar-refractivity contribution in [1.82, 2.24) is 10.2 Å². The number of carbonyl (C=O) groups excluding carboxylic acids is 2. The molecule has 2 atom stereocenters. The fourth-order valence-corrected chi connectivity index (χ4v) is 3.66. The molecule has 27 heavy (non-hydrogen) atoms. The predicted octanol–water partition coefficient (Wildman–Crippen LogP) is 3.03. The molecule has 3 aliphatic rings. The van der Waals surface area contributed by atoms with E-state index in [0.29, 0.717) is 12.5 Å². The number of piperidine rings is 3. The first-order chi connectivity index (χ1) is 12.7. The molecular formula is C20H27FN2O4. The second-order valence-electron chi connectivity index (χ2n) is 8.21. The van der Waals surface area contributed by atoms with E-state index in [1.807, 2.05) is 0 Å². The quantitative estimate of drug-likeness (QED) is 0.816. The van der Waals surface area contributed by atoms with Crippen molar-refractivity contribution in [1.29, 1.82) is 0 Å². The van der Waals surface area contributed by atoms with Gasteiger partial charge in [0.15, 0.2) is 6.04 Å². The molecule has 3 fully saturated rings. The molecule has 0 spiro atoms. The minimum atomic E-state index is -1.25. The Balaban J connectivity index is 1.75. The molecule has 0 saturated carbocycles. The van der Waals surface area contributed by atoms with Crippen LogP contribution in [0.5, 0.6) is 0 Å². The molecule has 4 rings (SSSR count). The normalized spacial score (nSPS) is 25.6. The third-order valence-electron chi connectivity index (χ3n) is 4.98. The molecule has 3 aliphatic heterocycles. The average Bonchev–Trinajstić information content (AvgIpc) is 2.60.